The van der Waals surface area contributed by atoms with Crippen LogP contribution in [0.5, 0.6) is 0 Å². The van der Waals surface area contributed by atoms with Crippen molar-refractivity contribution in [3.63, 3.8) is 0 Å². The van der Waals surface area contributed by atoms with E-state index < -0.39 is 23.0 Å². The quantitative estimate of drug-likeness (QED) is 0.492. The zero-order valence-corrected chi connectivity index (χ0v) is 19.0. The van der Waals surface area contributed by atoms with Gasteiger partial charge in [-0.1, -0.05) is 20.8 Å². The molecule has 6 heteroatoms. The van der Waals surface area contributed by atoms with Crippen LogP contribution in [0.4, 0.5) is 4.79 Å². The summed E-state index contributed by atoms with van der Waals surface area (Å²) in [5.74, 6) is -0.0556. The number of ether oxygens (including phenoxy) is 4. The first-order valence-corrected chi connectivity index (χ1v) is 9.96. The Hall–Kier alpha value is -0.850. The first kappa shape index (κ1) is 26.1. The molecule has 6 nitrogen and oxygen atoms in total. The highest BCUT2D eigenvalue weighted by molar-refractivity contribution is 5.60. The van der Waals surface area contributed by atoms with Gasteiger partial charge in [-0.2, -0.15) is 0 Å². The third kappa shape index (κ3) is 10.3. The zero-order chi connectivity index (χ0) is 21.5. The van der Waals surface area contributed by atoms with Crippen LogP contribution in [-0.4, -0.2) is 54.0 Å². The average molecular weight is 391 g/mol. The normalized spacial score (nSPS) is 17.3. The van der Waals surface area contributed by atoms with Crippen molar-refractivity contribution >= 4 is 6.16 Å². The van der Waals surface area contributed by atoms with Crippen molar-refractivity contribution in [1.82, 2.24) is 0 Å². The first-order valence-electron chi connectivity index (χ1n) is 9.96. The predicted molar refractivity (Wildman–Crippen MR) is 107 cm³/mol. The molecule has 0 spiro atoms. The second kappa shape index (κ2) is 10.6. The fraction of sp³-hybridized carbons (Fsp3) is 0.952. The summed E-state index contributed by atoms with van der Waals surface area (Å²) in [6, 6.07) is 0. The molecule has 27 heavy (non-hydrogen) atoms. The third-order valence-corrected chi connectivity index (χ3v) is 5.35. The topological polar surface area (TPSA) is 74.2 Å². The van der Waals surface area contributed by atoms with Crippen LogP contribution in [0.2, 0.25) is 0 Å². The molecular formula is C21H42O6. The molecule has 0 aromatic carbocycles. The van der Waals surface area contributed by atoms with Gasteiger partial charge in [-0.15, -0.1) is 0 Å². The SMILES string of the molecule is CCC(C)(COC(C)C)OC(=O)OCC(C)C(C)(C)OCC(C)C(C)(C)O. The summed E-state index contributed by atoms with van der Waals surface area (Å²) < 4.78 is 22.4. The summed E-state index contributed by atoms with van der Waals surface area (Å²) >= 11 is 0. The Labute approximate surface area is 165 Å². The van der Waals surface area contributed by atoms with Gasteiger partial charge in [-0.05, 0) is 54.9 Å². The number of rotatable bonds is 12. The van der Waals surface area contributed by atoms with Crippen LogP contribution in [0.1, 0.15) is 75.7 Å². The smallest absolute Gasteiger partial charge is 0.434 e. The summed E-state index contributed by atoms with van der Waals surface area (Å²) in [7, 11) is 0. The molecule has 0 aliphatic rings. The van der Waals surface area contributed by atoms with E-state index in [0.29, 0.717) is 19.6 Å². The number of carbonyl (C=O) groups is 1. The number of hydrogen-bond donors (Lipinski definition) is 1. The molecule has 3 unspecified atom stereocenters. The maximum absolute atomic E-state index is 12.1. The molecule has 0 saturated heterocycles. The van der Waals surface area contributed by atoms with E-state index in [4.69, 9.17) is 18.9 Å². The standard InChI is InChI=1S/C21H42O6/c1-11-21(10,14-25-15(2)3)27-18(22)24-12-17(5)20(8,9)26-13-16(4)19(6,7)23/h15-17,23H,11-14H2,1-10H3. The van der Waals surface area contributed by atoms with Crippen molar-refractivity contribution in [3.05, 3.63) is 0 Å². The molecule has 0 aliphatic carbocycles. The van der Waals surface area contributed by atoms with Gasteiger partial charge < -0.3 is 24.1 Å². The molecule has 0 fully saturated rings. The van der Waals surface area contributed by atoms with Gasteiger partial charge >= 0.3 is 6.16 Å². The van der Waals surface area contributed by atoms with Gasteiger partial charge in [0.05, 0.1) is 30.5 Å². The van der Waals surface area contributed by atoms with E-state index >= 15 is 0 Å². The molecule has 0 amide bonds. The average Bonchev–Trinajstić information content (AvgIpc) is 2.54. The maximum atomic E-state index is 12.1. The second-order valence-corrected chi connectivity index (χ2v) is 9.20. The van der Waals surface area contributed by atoms with Gasteiger partial charge in [0.2, 0.25) is 0 Å². The number of hydrogen-bond acceptors (Lipinski definition) is 6. The molecule has 0 aromatic rings. The first-order chi connectivity index (χ1) is 12.1. The minimum absolute atomic E-state index is 0.0129. The molecule has 0 heterocycles. The molecule has 0 aliphatic heterocycles. The Balaban J connectivity index is 4.52. The van der Waals surface area contributed by atoms with E-state index in [1.165, 1.54) is 0 Å². The molecule has 0 aromatic heterocycles. The van der Waals surface area contributed by atoms with E-state index in [1.54, 1.807) is 13.8 Å². The molecule has 3 atom stereocenters. The highest BCUT2D eigenvalue weighted by Gasteiger charge is 2.33. The largest absolute Gasteiger partial charge is 0.508 e. The van der Waals surface area contributed by atoms with Gasteiger partial charge in [0.1, 0.15) is 12.2 Å². The molecule has 0 saturated carbocycles. The summed E-state index contributed by atoms with van der Waals surface area (Å²) in [6.45, 7) is 20.0. The van der Waals surface area contributed by atoms with Crippen LogP contribution in [0.15, 0.2) is 0 Å². The highest BCUT2D eigenvalue weighted by Crippen LogP contribution is 2.25. The van der Waals surface area contributed by atoms with Crippen LogP contribution in [0.25, 0.3) is 0 Å². The summed E-state index contributed by atoms with van der Waals surface area (Å²) in [6.07, 6.45) is 0.00680. The Kier molecular flexibility index (Phi) is 10.3. The lowest BCUT2D eigenvalue weighted by Gasteiger charge is -2.35. The van der Waals surface area contributed by atoms with Crippen molar-refractivity contribution in [2.45, 2.75) is 98.6 Å². The van der Waals surface area contributed by atoms with Gasteiger partial charge in [-0.3, -0.25) is 0 Å². The molecule has 0 bridgehead atoms. The lowest BCUT2D eigenvalue weighted by Crippen LogP contribution is -2.41. The van der Waals surface area contributed by atoms with Crippen molar-refractivity contribution in [3.8, 4) is 0 Å². The van der Waals surface area contributed by atoms with Crippen LogP contribution in [0, 0.1) is 11.8 Å². The fourth-order valence-electron chi connectivity index (χ4n) is 1.86. The Morgan fingerprint density at radius 3 is 1.96 bits per heavy atom. The van der Waals surface area contributed by atoms with Gasteiger partial charge in [-0.25, -0.2) is 4.79 Å². The van der Waals surface area contributed by atoms with Gasteiger partial charge in [0, 0.05) is 11.8 Å². The maximum Gasteiger partial charge on any atom is 0.508 e. The van der Waals surface area contributed by atoms with E-state index in [9.17, 15) is 9.90 Å². The Bertz CT molecular complexity index is 440. The summed E-state index contributed by atoms with van der Waals surface area (Å²) in [5, 5.41) is 10.0. The van der Waals surface area contributed by atoms with E-state index in [0.717, 1.165) is 0 Å². The van der Waals surface area contributed by atoms with Crippen molar-refractivity contribution < 1.29 is 28.8 Å². The van der Waals surface area contributed by atoms with Crippen LogP contribution >= 0.6 is 0 Å². The second-order valence-electron chi connectivity index (χ2n) is 9.20. The van der Waals surface area contributed by atoms with E-state index in [-0.39, 0.29) is 24.5 Å². The molecular weight excluding hydrogens is 348 g/mol. The van der Waals surface area contributed by atoms with Crippen LogP contribution in [0.3, 0.4) is 0 Å². The van der Waals surface area contributed by atoms with Crippen LogP contribution in [-0.2, 0) is 18.9 Å². The number of carbonyl (C=O) groups excluding carboxylic acids is 1. The monoisotopic (exact) mass is 390 g/mol. The molecule has 0 radical (unpaired) electrons. The lowest BCUT2D eigenvalue weighted by atomic mass is 9.91. The van der Waals surface area contributed by atoms with E-state index in [1.807, 2.05) is 55.4 Å². The minimum atomic E-state index is -0.803. The Morgan fingerprint density at radius 2 is 1.52 bits per heavy atom. The van der Waals surface area contributed by atoms with E-state index in [2.05, 4.69) is 0 Å². The minimum Gasteiger partial charge on any atom is -0.434 e. The van der Waals surface area contributed by atoms with Crippen molar-refractivity contribution in [2.24, 2.45) is 11.8 Å². The molecule has 1 N–H and O–H groups in total. The number of aliphatic hydroxyl groups is 1. The fourth-order valence-corrected chi connectivity index (χ4v) is 1.86. The predicted octanol–water partition coefficient (Wildman–Crippen LogP) is 4.57. The summed E-state index contributed by atoms with van der Waals surface area (Å²) in [5.41, 5.74) is -2.02. The Morgan fingerprint density at radius 1 is 0.963 bits per heavy atom. The zero-order valence-electron chi connectivity index (χ0n) is 19.0. The van der Waals surface area contributed by atoms with Gasteiger partial charge in [0.25, 0.3) is 0 Å². The molecule has 0 rings (SSSR count). The summed E-state index contributed by atoms with van der Waals surface area (Å²) in [4.78, 5) is 12.1. The van der Waals surface area contributed by atoms with Crippen molar-refractivity contribution in [1.29, 1.82) is 0 Å². The highest BCUT2D eigenvalue weighted by atomic mass is 16.7. The van der Waals surface area contributed by atoms with Gasteiger partial charge in [0.15, 0.2) is 0 Å². The third-order valence-electron chi connectivity index (χ3n) is 5.35. The van der Waals surface area contributed by atoms with Crippen molar-refractivity contribution in [2.75, 3.05) is 19.8 Å². The lowest BCUT2D eigenvalue weighted by molar-refractivity contribution is -0.116. The molecule has 162 valence electrons. The van der Waals surface area contributed by atoms with Crippen LogP contribution < -0.4 is 0 Å².